The molecule has 4 unspecified atom stereocenters. The van der Waals surface area contributed by atoms with E-state index in [9.17, 15) is 9.59 Å². The maximum atomic E-state index is 12.9. The zero-order chi connectivity index (χ0) is 20.4. The smallest absolute Gasteiger partial charge is 0.260 e. The number of fused-ring (bicyclic) bond motifs is 2. The van der Waals surface area contributed by atoms with Gasteiger partial charge in [-0.15, -0.1) is 0 Å². The number of carbonyl (C=O) groups is 2. The van der Waals surface area contributed by atoms with Crippen LogP contribution in [0.1, 0.15) is 62.7 Å². The average molecular weight is 400 g/mol. The van der Waals surface area contributed by atoms with E-state index in [-0.39, 0.29) is 30.5 Å². The van der Waals surface area contributed by atoms with Crippen molar-refractivity contribution in [3.05, 3.63) is 29.8 Å². The quantitative estimate of drug-likeness (QED) is 0.846. The molecule has 3 fully saturated rings. The first kappa shape index (κ1) is 20.2. The lowest BCUT2D eigenvalue weighted by Gasteiger charge is -2.38. The summed E-state index contributed by atoms with van der Waals surface area (Å²) < 4.78 is 5.73. The Morgan fingerprint density at radius 2 is 1.69 bits per heavy atom. The van der Waals surface area contributed by atoms with E-state index in [1.807, 2.05) is 21.9 Å². The molecule has 6 nitrogen and oxygen atoms in total. The highest BCUT2D eigenvalue weighted by Gasteiger charge is 2.31. The lowest BCUT2D eigenvalue weighted by atomic mass is 9.97. The molecule has 2 amide bonds. The van der Waals surface area contributed by atoms with Gasteiger partial charge in [0.25, 0.3) is 11.8 Å². The summed E-state index contributed by atoms with van der Waals surface area (Å²) in [5, 5.41) is 3.61. The Morgan fingerprint density at radius 3 is 2.41 bits per heavy atom. The van der Waals surface area contributed by atoms with Crippen LogP contribution in [0.4, 0.5) is 0 Å². The van der Waals surface area contributed by atoms with E-state index < -0.39 is 0 Å². The van der Waals surface area contributed by atoms with Gasteiger partial charge in [0.15, 0.2) is 6.61 Å². The summed E-state index contributed by atoms with van der Waals surface area (Å²) in [6.07, 6.45) is 6.70. The van der Waals surface area contributed by atoms with Crippen LogP contribution in [0.5, 0.6) is 5.75 Å². The van der Waals surface area contributed by atoms with E-state index in [0.717, 1.165) is 38.8 Å². The molecule has 6 heteroatoms. The topological polar surface area (TPSA) is 61.9 Å². The molecular formula is C23H33N3O3. The van der Waals surface area contributed by atoms with Gasteiger partial charge in [0.2, 0.25) is 0 Å². The number of rotatable bonds is 4. The molecule has 4 rings (SSSR count). The van der Waals surface area contributed by atoms with Crippen molar-refractivity contribution in [3.8, 4) is 5.75 Å². The normalized spacial score (nSPS) is 29.4. The fourth-order valence-corrected chi connectivity index (χ4v) is 5.14. The van der Waals surface area contributed by atoms with Crippen molar-refractivity contribution in [2.45, 2.75) is 76.5 Å². The fourth-order valence-electron chi connectivity index (χ4n) is 5.14. The van der Waals surface area contributed by atoms with E-state index >= 15 is 0 Å². The number of piperidine rings is 1. The molecule has 0 spiro atoms. The molecule has 0 aromatic heterocycles. The minimum Gasteiger partial charge on any atom is -0.484 e. The molecule has 3 aliphatic rings. The Balaban J connectivity index is 1.32. The molecule has 0 aliphatic carbocycles. The molecule has 0 radical (unpaired) electrons. The van der Waals surface area contributed by atoms with Gasteiger partial charge in [0, 0.05) is 42.8 Å². The molecule has 0 saturated carbocycles. The summed E-state index contributed by atoms with van der Waals surface area (Å²) >= 11 is 0. The van der Waals surface area contributed by atoms with Crippen LogP contribution in [0.25, 0.3) is 0 Å². The van der Waals surface area contributed by atoms with Crippen molar-refractivity contribution >= 4 is 11.8 Å². The summed E-state index contributed by atoms with van der Waals surface area (Å²) in [6, 6.07) is 8.75. The van der Waals surface area contributed by atoms with Gasteiger partial charge in [-0.2, -0.15) is 0 Å². The van der Waals surface area contributed by atoms with Crippen LogP contribution >= 0.6 is 0 Å². The maximum Gasteiger partial charge on any atom is 0.260 e. The van der Waals surface area contributed by atoms with E-state index in [4.69, 9.17) is 4.74 Å². The van der Waals surface area contributed by atoms with Crippen LogP contribution in [-0.4, -0.2) is 65.5 Å². The minimum absolute atomic E-state index is 0.0389. The number of ether oxygens (including phenoxy) is 1. The maximum absolute atomic E-state index is 12.9. The Hall–Kier alpha value is -2.08. The predicted molar refractivity (Wildman–Crippen MR) is 112 cm³/mol. The number of hydrogen-bond acceptors (Lipinski definition) is 4. The van der Waals surface area contributed by atoms with E-state index in [1.165, 1.54) is 12.8 Å². The van der Waals surface area contributed by atoms with Crippen molar-refractivity contribution in [1.82, 2.24) is 15.1 Å². The molecule has 29 heavy (non-hydrogen) atoms. The minimum atomic E-state index is 0.0389. The van der Waals surface area contributed by atoms with Crippen LogP contribution in [-0.2, 0) is 4.79 Å². The first-order valence-electron chi connectivity index (χ1n) is 11.1. The molecule has 3 heterocycles. The van der Waals surface area contributed by atoms with Gasteiger partial charge in [-0.1, -0.05) is 0 Å². The lowest BCUT2D eigenvalue weighted by Crippen LogP contribution is -2.49. The number of nitrogens with one attached hydrogen (secondary N) is 1. The van der Waals surface area contributed by atoms with Gasteiger partial charge in [0.05, 0.1) is 0 Å². The van der Waals surface area contributed by atoms with Gasteiger partial charge in [0.1, 0.15) is 5.75 Å². The highest BCUT2D eigenvalue weighted by molar-refractivity contribution is 5.94. The van der Waals surface area contributed by atoms with Gasteiger partial charge < -0.3 is 19.9 Å². The summed E-state index contributed by atoms with van der Waals surface area (Å²) in [7, 11) is 0. The molecule has 1 N–H and O–H groups in total. The van der Waals surface area contributed by atoms with Crippen LogP contribution in [0.15, 0.2) is 24.3 Å². The number of nitrogens with zero attached hydrogens (tertiary/aromatic N) is 2. The SMILES string of the molecule is CC1CCCC(C)N1C(=O)COc1ccc(C(=O)N2CCC3CCC(C2)N3)cc1. The summed E-state index contributed by atoms with van der Waals surface area (Å²) in [6.45, 7) is 5.86. The van der Waals surface area contributed by atoms with Gasteiger partial charge in [-0.05, 0) is 76.6 Å². The molecule has 3 saturated heterocycles. The van der Waals surface area contributed by atoms with Gasteiger partial charge in [-0.25, -0.2) is 0 Å². The third kappa shape index (κ3) is 4.58. The highest BCUT2D eigenvalue weighted by atomic mass is 16.5. The number of amides is 2. The third-order valence-electron chi connectivity index (χ3n) is 6.76. The van der Waals surface area contributed by atoms with Crippen LogP contribution < -0.4 is 10.1 Å². The zero-order valence-corrected chi connectivity index (χ0v) is 17.6. The monoisotopic (exact) mass is 399 g/mol. The lowest BCUT2D eigenvalue weighted by molar-refractivity contribution is -0.139. The van der Waals surface area contributed by atoms with Gasteiger partial charge in [-0.3, -0.25) is 9.59 Å². The number of likely N-dealkylation sites (tertiary alicyclic amines) is 2. The first-order chi connectivity index (χ1) is 14.0. The Morgan fingerprint density at radius 1 is 1.00 bits per heavy atom. The Bertz CT molecular complexity index is 725. The van der Waals surface area contributed by atoms with Crippen LogP contribution in [0.3, 0.4) is 0 Å². The Kier molecular flexibility index (Phi) is 6.09. The highest BCUT2D eigenvalue weighted by Crippen LogP contribution is 2.24. The second-order valence-electron chi connectivity index (χ2n) is 8.92. The number of benzene rings is 1. The van der Waals surface area contributed by atoms with Crippen molar-refractivity contribution in [1.29, 1.82) is 0 Å². The largest absolute Gasteiger partial charge is 0.484 e. The molecular weight excluding hydrogens is 366 g/mol. The summed E-state index contributed by atoms with van der Waals surface area (Å²) in [4.78, 5) is 29.4. The Labute approximate surface area is 173 Å². The second kappa shape index (κ2) is 8.74. The van der Waals surface area contributed by atoms with E-state index in [0.29, 0.717) is 23.4 Å². The summed E-state index contributed by atoms with van der Waals surface area (Å²) in [5.41, 5.74) is 0.680. The van der Waals surface area contributed by atoms with Gasteiger partial charge >= 0.3 is 0 Å². The van der Waals surface area contributed by atoms with Crippen LogP contribution in [0.2, 0.25) is 0 Å². The zero-order valence-electron chi connectivity index (χ0n) is 17.6. The molecule has 4 atom stereocenters. The molecule has 2 bridgehead atoms. The van der Waals surface area contributed by atoms with Crippen molar-refractivity contribution in [3.63, 3.8) is 0 Å². The standard InChI is InChI=1S/C23H33N3O3/c1-16-4-3-5-17(2)26(16)22(27)15-29-21-10-6-18(7-11-21)23(28)25-13-12-19-8-9-20(14-25)24-19/h6-7,10-11,16-17,19-20,24H,3-5,8-9,12-15H2,1-2H3. The third-order valence-corrected chi connectivity index (χ3v) is 6.76. The molecule has 1 aromatic carbocycles. The van der Waals surface area contributed by atoms with E-state index in [2.05, 4.69) is 19.2 Å². The van der Waals surface area contributed by atoms with Crippen molar-refractivity contribution < 1.29 is 14.3 Å². The first-order valence-corrected chi connectivity index (χ1v) is 11.1. The molecule has 1 aromatic rings. The van der Waals surface area contributed by atoms with Crippen molar-refractivity contribution in [2.75, 3.05) is 19.7 Å². The number of carbonyl (C=O) groups excluding carboxylic acids is 2. The van der Waals surface area contributed by atoms with E-state index in [1.54, 1.807) is 12.1 Å². The predicted octanol–water partition coefficient (Wildman–Crippen LogP) is 2.82. The number of hydrogen-bond donors (Lipinski definition) is 1. The molecule has 158 valence electrons. The average Bonchev–Trinajstić information content (AvgIpc) is 3.05. The summed E-state index contributed by atoms with van der Waals surface area (Å²) in [5.74, 6) is 0.749. The van der Waals surface area contributed by atoms with Crippen LogP contribution in [0, 0.1) is 0 Å². The second-order valence-corrected chi connectivity index (χ2v) is 8.92. The fraction of sp³-hybridized carbons (Fsp3) is 0.652. The molecule has 3 aliphatic heterocycles. The van der Waals surface area contributed by atoms with Crippen molar-refractivity contribution in [2.24, 2.45) is 0 Å².